The summed E-state index contributed by atoms with van der Waals surface area (Å²) in [5.74, 6) is 0.584. The molecule has 5 heteroatoms. The van der Waals surface area contributed by atoms with Crippen molar-refractivity contribution in [1.82, 2.24) is 9.47 Å². The van der Waals surface area contributed by atoms with Crippen molar-refractivity contribution < 1.29 is 15.0 Å². The summed E-state index contributed by atoms with van der Waals surface area (Å²) < 4.78 is 2.02. The number of rotatable bonds is 2. The summed E-state index contributed by atoms with van der Waals surface area (Å²) in [6, 6.07) is 5.69. The van der Waals surface area contributed by atoms with Gasteiger partial charge >= 0.3 is 0 Å². The highest BCUT2D eigenvalue weighted by Crippen LogP contribution is 2.40. The van der Waals surface area contributed by atoms with Gasteiger partial charge in [0.2, 0.25) is 0 Å². The topological polar surface area (TPSA) is 65.7 Å². The quantitative estimate of drug-likeness (QED) is 0.890. The minimum Gasteiger partial charge on any atom is -0.508 e. The van der Waals surface area contributed by atoms with Crippen LogP contribution in [-0.2, 0) is 7.05 Å². The maximum atomic E-state index is 13.4. The van der Waals surface area contributed by atoms with E-state index in [4.69, 9.17) is 0 Å². The molecule has 3 heterocycles. The molecule has 2 bridgehead atoms. The van der Waals surface area contributed by atoms with Crippen LogP contribution in [-0.4, -0.2) is 44.3 Å². The van der Waals surface area contributed by atoms with Crippen molar-refractivity contribution in [1.29, 1.82) is 0 Å². The van der Waals surface area contributed by atoms with Crippen molar-refractivity contribution in [3.05, 3.63) is 29.5 Å². The Bertz CT molecular complexity index is 797. The number of fused-ring (bicyclic) bond motifs is 3. The van der Waals surface area contributed by atoms with Crippen LogP contribution in [0.3, 0.4) is 0 Å². The summed E-state index contributed by atoms with van der Waals surface area (Å²) in [6.07, 6.45) is 3.85. The van der Waals surface area contributed by atoms with Crippen LogP contribution >= 0.6 is 0 Å². The summed E-state index contributed by atoms with van der Waals surface area (Å²) in [5, 5.41) is 20.2. The molecule has 2 N–H and O–H groups in total. The first-order chi connectivity index (χ1) is 11.5. The molecule has 2 fully saturated rings. The Kier molecular flexibility index (Phi) is 3.57. The molecule has 2 aliphatic heterocycles. The second kappa shape index (κ2) is 5.52. The Morgan fingerprint density at radius 2 is 1.92 bits per heavy atom. The predicted molar refractivity (Wildman–Crippen MR) is 92.1 cm³/mol. The first kappa shape index (κ1) is 15.5. The summed E-state index contributed by atoms with van der Waals surface area (Å²) >= 11 is 0. The lowest BCUT2D eigenvalue weighted by Crippen LogP contribution is -2.47. The van der Waals surface area contributed by atoms with Crippen molar-refractivity contribution in [2.45, 2.75) is 44.7 Å². The van der Waals surface area contributed by atoms with E-state index in [-0.39, 0.29) is 30.3 Å². The van der Waals surface area contributed by atoms with Crippen LogP contribution in [0.15, 0.2) is 18.2 Å². The van der Waals surface area contributed by atoms with Crippen molar-refractivity contribution in [3.63, 3.8) is 0 Å². The minimum atomic E-state index is 0.0765. The number of hydrogen-bond acceptors (Lipinski definition) is 3. The summed E-state index contributed by atoms with van der Waals surface area (Å²) in [4.78, 5) is 15.4. The number of phenols is 1. The molecule has 128 valence electrons. The first-order valence-electron chi connectivity index (χ1n) is 8.72. The van der Waals surface area contributed by atoms with Gasteiger partial charge in [-0.25, -0.2) is 0 Å². The number of aryl methyl sites for hydroxylation is 1. The van der Waals surface area contributed by atoms with Gasteiger partial charge in [-0.05, 0) is 56.7 Å². The predicted octanol–water partition coefficient (Wildman–Crippen LogP) is 2.57. The average Bonchev–Trinajstić information content (AvgIpc) is 2.97. The van der Waals surface area contributed by atoms with Crippen molar-refractivity contribution in [2.75, 3.05) is 6.61 Å². The van der Waals surface area contributed by atoms with Crippen molar-refractivity contribution in [2.24, 2.45) is 13.0 Å². The molecule has 5 nitrogen and oxygen atoms in total. The third-order valence-electron chi connectivity index (χ3n) is 6.01. The molecule has 0 spiro atoms. The molecular formula is C19H24N2O3. The van der Waals surface area contributed by atoms with Crippen LogP contribution in [0.25, 0.3) is 10.9 Å². The molecule has 2 saturated heterocycles. The Labute approximate surface area is 141 Å². The lowest BCUT2D eigenvalue weighted by molar-refractivity contribution is 0.0454. The number of phenolic OH excluding ortho intramolecular Hbond substituents is 1. The van der Waals surface area contributed by atoms with Gasteiger partial charge in [-0.3, -0.25) is 4.79 Å². The van der Waals surface area contributed by atoms with Gasteiger partial charge < -0.3 is 19.7 Å². The van der Waals surface area contributed by atoms with E-state index in [9.17, 15) is 15.0 Å². The lowest BCUT2D eigenvalue weighted by atomic mass is 9.90. The van der Waals surface area contributed by atoms with E-state index >= 15 is 0 Å². The van der Waals surface area contributed by atoms with Crippen LogP contribution in [0.1, 0.15) is 41.7 Å². The van der Waals surface area contributed by atoms with E-state index in [0.717, 1.165) is 42.3 Å². The highest BCUT2D eigenvalue weighted by atomic mass is 16.3. The largest absolute Gasteiger partial charge is 0.508 e. The molecule has 1 amide bonds. The van der Waals surface area contributed by atoms with E-state index in [1.54, 1.807) is 12.1 Å². The van der Waals surface area contributed by atoms with E-state index < -0.39 is 0 Å². The second-order valence-electron chi connectivity index (χ2n) is 7.34. The number of amides is 1. The fraction of sp³-hybridized carbons (Fsp3) is 0.526. The van der Waals surface area contributed by atoms with E-state index in [0.29, 0.717) is 11.5 Å². The number of hydrogen-bond donors (Lipinski definition) is 2. The number of aliphatic hydroxyl groups excluding tert-OH is 1. The molecule has 4 rings (SSSR count). The zero-order valence-corrected chi connectivity index (χ0v) is 14.2. The molecule has 3 atom stereocenters. The van der Waals surface area contributed by atoms with Gasteiger partial charge in [-0.15, -0.1) is 0 Å². The molecular weight excluding hydrogens is 304 g/mol. The van der Waals surface area contributed by atoms with Crippen molar-refractivity contribution >= 4 is 16.8 Å². The van der Waals surface area contributed by atoms with Gasteiger partial charge in [0.05, 0.1) is 5.56 Å². The van der Waals surface area contributed by atoms with Gasteiger partial charge in [0.1, 0.15) is 5.75 Å². The van der Waals surface area contributed by atoms with Gasteiger partial charge in [0, 0.05) is 42.3 Å². The van der Waals surface area contributed by atoms with Crippen LogP contribution in [0.5, 0.6) is 5.75 Å². The Hall–Kier alpha value is -2.01. The highest BCUT2D eigenvalue weighted by molar-refractivity contribution is 6.09. The number of piperidine rings is 1. The van der Waals surface area contributed by atoms with Crippen LogP contribution in [0.4, 0.5) is 0 Å². The van der Waals surface area contributed by atoms with E-state index in [1.165, 1.54) is 0 Å². The normalized spacial score (nSPS) is 26.3. The van der Waals surface area contributed by atoms with Crippen LogP contribution < -0.4 is 0 Å². The molecule has 24 heavy (non-hydrogen) atoms. The monoisotopic (exact) mass is 328 g/mol. The Morgan fingerprint density at radius 1 is 1.25 bits per heavy atom. The fourth-order valence-corrected chi connectivity index (χ4v) is 4.73. The first-order valence-corrected chi connectivity index (χ1v) is 8.72. The number of carbonyl (C=O) groups is 1. The molecule has 0 saturated carbocycles. The Balaban J connectivity index is 1.77. The molecule has 1 unspecified atom stereocenters. The minimum absolute atomic E-state index is 0.0765. The summed E-state index contributed by atoms with van der Waals surface area (Å²) in [7, 11) is 1.96. The molecule has 2 aromatic rings. The standard InChI is InChI=1S/C19H24N2O3/c1-11-18(16-9-15(23)5-6-17(16)20(11)2)19(24)21-13-3-4-14(21)8-12(7-13)10-22/h5-6,9,12-14,22-23H,3-4,7-8,10H2,1-2H3/t12?,13-,14+. The fourth-order valence-electron chi connectivity index (χ4n) is 4.73. The second-order valence-corrected chi connectivity index (χ2v) is 7.34. The maximum Gasteiger partial charge on any atom is 0.256 e. The van der Waals surface area contributed by atoms with Gasteiger partial charge in [-0.1, -0.05) is 0 Å². The number of aromatic hydroxyl groups is 1. The van der Waals surface area contributed by atoms with Gasteiger partial charge in [0.15, 0.2) is 0 Å². The average molecular weight is 328 g/mol. The van der Waals surface area contributed by atoms with E-state index in [2.05, 4.69) is 4.90 Å². The zero-order chi connectivity index (χ0) is 17.0. The molecule has 1 aromatic heterocycles. The number of benzene rings is 1. The maximum absolute atomic E-state index is 13.4. The van der Waals surface area contributed by atoms with E-state index in [1.807, 2.05) is 24.6 Å². The van der Waals surface area contributed by atoms with Gasteiger partial charge in [0.25, 0.3) is 5.91 Å². The highest BCUT2D eigenvalue weighted by Gasteiger charge is 2.44. The Morgan fingerprint density at radius 3 is 2.54 bits per heavy atom. The SMILES string of the molecule is Cc1c(C(=O)N2[C@@H]3CC[C@H]2CC(CO)C3)c2cc(O)ccc2n1C. The van der Waals surface area contributed by atoms with Gasteiger partial charge in [-0.2, -0.15) is 0 Å². The smallest absolute Gasteiger partial charge is 0.256 e. The summed E-state index contributed by atoms with van der Waals surface area (Å²) in [5.41, 5.74) is 2.61. The third-order valence-corrected chi connectivity index (χ3v) is 6.01. The number of nitrogens with zero attached hydrogens (tertiary/aromatic N) is 2. The number of aliphatic hydroxyl groups is 1. The number of aromatic nitrogens is 1. The zero-order valence-electron chi connectivity index (χ0n) is 14.2. The summed E-state index contributed by atoms with van der Waals surface area (Å²) in [6.45, 7) is 2.18. The third kappa shape index (κ3) is 2.14. The molecule has 0 aliphatic carbocycles. The molecule has 2 aliphatic rings. The van der Waals surface area contributed by atoms with Crippen LogP contribution in [0.2, 0.25) is 0 Å². The van der Waals surface area contributed by atoms with Crippen LogP contribution in [0, 0.1) is 12.8 Å². The molecule has 0 radical (unpaired) electrons. The van der Waals surface area contributed by atoms with Crippen molar-refractivity contribution in [3.8, 4) is 5.75 Å². The molecule has 1 aromatic carbocycles. The number of carbonyl (C=O) groups excluding carboxylic acids is 1. The lowest BCUT2D eigenvalue weighted by Gasteiger charge is -2.38.